The lowest BCUT2D eigenvalue weighted by atomic mass is 10.1. The molecule has 24 heavy (non-hydrogen) atoms. The first kappa shape index (κ1) is 22.2. The summed E-state index contributed by atoms with van der Waals surface area (Å²) in [6.07, 6.45) is 25.0. The minimum atomic E-state index is -0.734. The highest BCUT2D eigenvalue weighted by atomic mass is 16.4. The summed E-state index contributed by atoms with van der Waals surface area (Å²) in [6, 6.07) is 0. The molecule has 0 bridgehead atoms. The molecule has 134 valence electrons. The van der Waals surface area contributed by atoms with Gasteiger partial charge in [-0.1, -0.05) is 49.8 Å². The van der Waals surface area contributed by atoms with Crippen LogP contribution in [0.3, 0.4) is 0 Å². The normalized spacial score (nSPS) is 11.4. The molecule has 0 aliphatic heterocycles. The zero-order chi connectivity index (χ0) is 17.7. The maximum Gasteiger partial charge on any atom is 0.303 e. The summed E-state index contributed by atoms with van der Waals surface area (Å²) in [6.45, 7) is 2.17. The summed E-state index contributed by atoms with van der Waals surface area (Å²) in [5.41, 5.74) is 0. The quantitative estimate of drug-likeness (QED) is 0.226. The molecular formula is C22H34O2. The Bertz CT molecular complexity index is 433. The van der Waals surface area contributed by atoms with Crippen LogP contribution >= 0.6 is 0 Å². The fourth-order valence-electron chi connectivity index (χ4n) is 2.10. The first-order chi connectivity index (χ1) is 11.8. The molecule has 0 amide bonds. The van der Waals surface area contributed by atoms with Gasteiger partial charge in [0.15, 0.2) is 0 Å². The molecule has 0 aromatic heterocycles. The molecule has 0 aliphatic carbocycles. The Kier molecular flexibility index (Phi) is 17.9. The van der Waals surface area contributed by atoms with Crippen LogP contribution in [0, 0.1) is 11.8 Å². The van der Waals surface area contributed by atoms with E-state index in [1.54, 1.807) is 0 Å². The molecule has 0 aliphatic rings. The van der Waals surface area contributed by atoms with Crippen LogP contribution in [0.5, 0.6) is 0 Å². The summed E-state index contributed by atoms with van der Waals surface area (Å²) in [7, 11) is 0. The molecule has 0 aromatic rings. The Morgan fingerprint density at radius 1 is 0.792 bits per heavy atom. The second-order valence-electron chi connectivity index (χ2n) is 5.86. The maximum absolute atomic E-state index is 10.3. The van der Waals surface area contributed by atoms with E-state index in [0.29, 0.717) is 6.42 Å². The molecule has 0 heterocycles. The van der Waals surface area contributed by atoms with E-state index in [1.807, 2.05) is 12.2 Å². The van der Waals surface area contributed by atoms with Gasteiger partial charge < -0.3 is 5.11 Å². The van der Waals surface area contributed by atoms with Crippen molar-refractivity contribution in [1.29, 1.82) is 0 Å². The van der Waals surface area contributed by atoms with Gasteiger partial charge in [-0.25, -0.2) is 0 Å². The van der Waals surface area contributed by atoms with E-state index >= 15 is 0 Å². The highest BCUT2D eigenvalue weighted by molar-refractivity contribution is 5.66. The van der Waals surface area contributed by atoms with Crippen LogP contribution in [0.15, 0.2) is 36.5 Å². The first-order valence-corrected chi connectivity index (χ1v) is 9.39. The second-order valence-corrected chi connectivity index (χ2v) is 5.86. The number of aliphatic carboxylic acids is 1. The van der Waals surface area contributed by atoms with Crippen LogP contribution in [0.25, 0.3) is 0 Å². The minimum absolute atomic E-state index is 0.220. The number of carboxylic acid groups (broad SMARTS) is 1. The topological polar surface area (TPSA) is 37.3 Å². The molecule has 2 heteroatoms. The van der Waals surface area contributed by atoms with E-state index in [-0.39, 0.29) is 6.42 Å². The highest BCUT2D eigenvalue weighted by Crippen LogP contribution is 2.04. The van der Waals surface area contributed by atoms with E-state index < -0.39 is 5.97 Å². The number of carboxylic acids is 1. The molecule has 2 nitrogen and oxygen atoms in total. The molecule has 0 saturated heterocycles. The lowest BCUT2D eigenvalue weighted by Gasteiger charge is -1.94. The maximum atomic E-state index is 10.3. The van der Waals surface area contributed by atoms with Crippen LogP contribution in [-0.2, 0) is 4.79 Å². The van der Waals surface area contributed by atoms with Crippen LogP contribution in [0.2, 0.25) is 0 Å². The highest BCUT2D eigenvalue weighted by Gasteiger charge is 1.90. The fourth-order valence-corrected chi connectivity index (χ4v) is 2.10. The third-order valence-electron chi connectivity index (χ3n) is 3.47. The predicted octanol–water partition coefficient (Wildman–Crippen LogP) is 6.44. The number of hydrogen-bond donors (Lipinski definition) is 1. The van der Waals surface area contributed by atoms with Crippen molar-refractivity contribution in [2.45, 2.75) is 84.0 Å². The summed E-state index contributed by atoms with van der Waals surface area (Å²) >= 11 is 0. The van der Waals surface area contributed by atoms with E-state index in [4.69, 9.17) is 5.11 Å². The Hall–Kier alpha value is -1.75. The first-order valence-electron chi connectivity index (χ1n) is 9.39. The smallest absolute Gasteiger partial charge is 0.303 e. The number of carbonyl (C=O) groups is 1. The summed E-state index contributed by atoms with van der Waals surface area (Å²) in [5.74, 6) is 5.69. The van der Waals surface area contributed by atoms with Crippen molar-refractivity contribution in [2.24, 2.45) is 0 Å². The Balaban J connectivity index is 3.33. The van der Waals surface area contributed by atoms with Crippen molar-refractivity contribution in [3.05, 3.63) is 36.5 Å². The van der Waals surface area contributed by atoms with Gasteiger partial charge >= 0.3 is 5.97 Å². The molecule has 1 N–H and O–H groups in total. The molecule has 0 atom stereocenters. The molecule has 0 rings (SSSR count). The second kappa shape index (κ2) is 19.3. The van der Waals surface area contributed by atoms with Crippen LogP contribution < -0.4 is 0 Å². The van der Waals surface area contributed by atoms with Crippen molar-refractivity contribution in [3.8, 4) is 11.8 Å². The number of unbranched alkanes of at least 4 members (excludes halogenated alkanes) is 6. The van der Waals surface area contributed by atoms with Crippen molar-refractivity contribution < 1.29 is 9.90 Å². The Morgan fingerprint density at radius 3 is 2.12 bits per heavy atom. The monoisotopic (exact) mass is 330 g/mol. The van der Waals surface area contributed by atoms with Gasteiger partial charge in [0.1, 0.15) is 0 Å². The fraction of sp³-hybridized carbons (Fsp3) is 0.591. The van der Waals surface area contributed by atoms with Gasteiger partial charge in [0.25, 0.3) is 0 Å². The lowest BCUT2D eigenvalue weighted by molar-refractivity contribution is -0.136. The number of allylic oxidation sites excluding steroid dienone is 6. The van der Waals surface area contributed by atoms with Gasteiger partial charge in [0.05, 0.1) is 0 Å². The molecule has 0 saturated carbocycles. The van der Waals surface area contributed by atoms with Crippen molar-refractivity contribution in [3.63, 3.8) is 0 Å². The Morgan fingerprint density at radius 2 is 1.42 bits per heavy atom. The van der Waals surface area contributed by atoms with E-state index in [2.05, 4.69) is 43.1 Å². The molecule has 0 fully saturated rings. The van der Waals surface area contributed by atoms with Gasteiger partial charge in [-0.3, -0.25) is 4.79 Å². The molecular weight excluding hydrogens is 296 g/mol. The van der Waals surface area contributed by atoms with Gasteiger partial charge in [0.2, 0.25) is 0 Å². The largest absolute Gasteiger partial charge is 0.481 e. The zero-order valence-corrected chi connectivity index (χ0v) is 15.3. The average molecular weight is 331 g/mol. The van der Waals surface area contributed by atoms with Crippen molar-refractivity contribution in [1.82, 2.24) is 0 Å². The molecule has 0 unspecified atom stereocenters. The standard InChI is InChI=1S/C22H34O2/c1-2-3-4-5-6-7-8-9-10-11-12-13-14-15-16-17-18-19-20-21-22(23)24/h11-12,15-16,18-19H,2-3,6-10,13-14,17,20-21H2,1H3,(H,23,24). The minimum Gasteiger partial charge on any atom is -0.481 e. The average Bonchev–Trinajstić information content (AvgIpc) is 2.56. The summed E-state index contributed by atoms with van der Waals surface area (Å²) in [5, 5.41) is 8.50. The molecule has 0 radical (unpaired) electrons. The predicted molar refractivity (Wildman–Crippen MR) is 104 cm³/mol. The molecule has 0 spiro atoms. The number of rotatable bonds is 14. The van der Waals surface area contributed by atoms with Crippen LogP contribution in [0.4, 0.5) is 0 Å². The van der Waals surface area contributed by atoms with Crippen LogP contribution in [0.1, 0.15) is 84.0 Å². The summed E-state index contributed by atoms with van der Waals surface area (Å²) in [4.78, 5) is 10.3. The SMILES string of the molecule is CCCC#CCCCCCC=CCCC=CCC=CCCC(=O)O. The third-order valence-corrected chi connectivity index (χ3v) is 3.47. The Labute approximate surface area is 148 Å². The van der Waals surface area contributed by atoms with Gasteiger partial charge in [-0.15, -0.1) is 11.8 Å². The molecule has 0 aromatic carbocycles. The van der Waals surface area contributed by atoms with Gasteiger partial charge in [-0.2, -0.15) is 0 Å². The van der Waals surface area contributed by atoms with Gasteiger partial charge in [0, 0.05) is 19.3 Å². The van der Waals surface area contributed by atoms with Crippen molar-refractivity contribution >= 4 is 5.97 Å². The lowest BCUT2D eigenvalue weighted by Crippen LogP contribution is -1.91. The van der Waals surface area contributed by atoms with Crippen molar-refractivity contribution in [2.75, 3.05) is 0 Å². The number of hydrogen-bond acceptors (Lipinski definition) is 1. The summed E-state index contributed by atoms with van der Waals surface area (Å²) < 4.78 is 0. The van der Waals surface area contributed by atoms with E-state index in [0.717, 1.165) is 38.5 Å². The van der Waals surface area contributed by atoms with E-state index in [9.17, 15) is 4.79 Å². The van der Waals surface area contributed by atoms with Crippen LogP contribution in [-0.4, -0.2) is 11.1 Å². The van der Waals surface area contributed by atoms with Gasteiger partial charge in [-0.05, 0) is 51.4 Å². The van der Waals surface area contributed by atoms with E-state index in [1.165, 1.54) is 25.7 Å². The third kappa shape index (κ3) is 20.2. The zero-order valence-electron chi connectivity index (χ0n) is 15.3.